The standard InChI is InChI=1S/C15H15N3O3S/c1-21-14(20)11-9-16-15(17-11)22-12-7-8-18(13(12)19)10-5-3-2-4-6-10/h2-6,9,12H,7-8H2,1H3,(H,16,17)/t12-/m0/s1. The second kappa shape index (κ2) is 6.23. The number of nitrogens with zero attached hydrogens (tertiary/aromatic N) is 2. The number of ether oxygens (including phenoxy) is 1. The molecule has 0 aliphatic carbocycles. The zero-order valence-corrected chi connectivity index (χ0v) is 12.8. The highest BCUT2D eigenvalue weighted by Crippen LogP contribution is 2.31. The number of H-pyrrole nitrogens is 1. The number of rotatable bonds is 4. The lowest BCUT2D eigenvalue weighted by atomic mass is 10.3. The van der Waals surface area contributed by atoms with Gasteiger partial charge in [-0.15, -0.1) is 0 Å². The molecule has 0 saturated carbocycles. The maximum absolute atomic E-state index is 12.5. The molecule has 6 nitrogen and oxygen atoms in total. The summed E-state index contributed by atoms with van der Waals surface area (Å²) in [6, 6.07) is 9.60. The van der Waals surface area contributed by atoms with E-state index in [1.807, 2.05) is 30.3 Å². The Bertz CT molecular complexity index is 686. The highest BCUT2D eigenvalue weighted by Gasteiger charge is 2.34. The van der Waals surface area contributed by atoms with E-state index in [4.69, 9.17) is 0 Å². The highest BCUT2D eigenvalue weighted by atomic mass is 32.2. The van der Waals surface area contributed by atoms with Crippen molar-refractivity contribution in [3.05, 3.63) is 42.2 Å². The summed E-state index contributed by atoms with van der Waals surface area (Å²) in [5, 5.41) is 0.352. The van der Waals surface area contributed by atoms with E-state index < -0.39 is 5.97 Å². The summed E-state index contributed by atoms with van der Waals surface area (Å²) in [6.45, 7) is 0.686. The number of para-hydroxylation sites is 1. The van der Waals surface area contributed by atoms with Crippen LogP contribution in [0.3, 0.4) is 0 Å². The van der Waals surface area contributed by atoms with Gasteiger partial charge >= 0.3 is 5.97 Å². The van der Waals surface area contributed by atoms with Gasteiger partial charge in [-0.05, 0) is 18.6 Å². The Morgan fingerprint density at radius 2 is 2.18 bits per heavy atom. The molecule has 7 heteroatoms. The van der Waals surface area contributed by atoms with Crippen LogP contribution in [-0.2, 0) is 9.53 Å². The van der Waals surface area contributed by atoms with E-state index in [9.17, 15) is 9.59 Å². The van der Waals surface area contributed by atoms with Gasteiger partial charge in [0.2, 0.25) is 5.91 Å². The Balaban J connectivity index is 1.68. The average Bonchev–Trinajstić information content (AvgIpc) is 3.16. The summed E-state index contributed by atoms with van der Waals surface area (Å²) >= 11 is 1.34. The van der Waals surface area contributed by atoms with Crippen molar-refractivity contribution in [2.24, 2.45) is 0 Å². The summed E-state index contributed by atoms with van der Waals surface area (Å²) in [7, 11) is 1.31. The van der Waals surface area contributed by atoms with Gasteiger partial charge in [0.25, 0.3) is 0 Å². The van der Waals surface area contributed by atoms with E-state index in [0.717, 1.165) is 12.1 Å². The third-order valence-electron chi connectivity index (χ3n) is 3.44. The van der Waals surface area contributed by atoms with Gasteiger partial charge in [-0.2, -0.15) is 0 Å². The van der Waals surface area contributed by atoms with Crippen LogP contribution in [-0.4, -0.2) is 40.7 Å². The molecule has 1 aromatic heterocycles. The molecule has 22 heavy (non-hydrogen) atoms. The van der Waals surface area contributed by atoms with Gasteiger partial charge < -0.3 is 14.6 Å². The smallest absolute Gasteiger partial charge is 0.356 e. The predicted octanol–water partition coefficient (Wildman–Crippen LogP) is 2.09. The number of benzene rings is 1. The van der Waals surface area contributed by atoms with Crippen LogP contribution in [0.5, 0.6) is 0 Å². The zero-order valence-electron chi connectivity index (χ0n) is 12.0. The lowest BCUT2D eigenvalue weighted by Crippen LogP contribution is -2.27. The highest BCUT2D eigenvalue weighted by molar-refractivity contribution is 8.00. The molecule has 1 fully saturated rings. The lowest BCUT2D eigenvalue weighted by Gasteiger charge is -2.16. The van der Waals surface area contributed by atoms with Gasteiger partial charge in [0.15, 0.2) is 5.16 Å². The molecule has 0 spiro atoms. The van der Waals surface area contributed by atoms with Crippen molar-refractivity contribution >= 4 is 29.3 Å². The van der Waals surface area contributed by atoms with Crippen LogP contribution in [0.2, 0.25) is 0 Å². The molecule has 1 amide bonds. The minimum Gasteiger partial charge on any atom is -0.464 e. The minimum atomic E-state index is -0.469. The topological polar surface area (TPSA) is 75.3 Å². The van der Waals surface area contributed by atoms with Gasteiger partial charge in [0, 0.05) is 12.2 Å². The molecular weight excluding hydrogens is 302 g/mol. The number of imidazole rings is 1. The van der Waals surface area contributed by atoms with Crippen LogP contribution in [0.4, 0.5) is 5.69 Å². The Labute approximate surface area is 131 Å². The fourth-order valence-corrected chi connectivity index (χ4v) is 3.34. The molecule has 0 bridgehead atoms. The number of methoxy groups -OCH3 is 1. The van der Waals surface area contributed by atoms with Gasteiger partial charge in [0.05, 0.1) is 18.6 Å². The monoisotopic (exact) mass is 317 g/mol. The van der Waals surface area contributed by atoms with E-state index >= 15 is 0 Å². The molecule has 3 rings (SSSR count). The number of aromatic amines is 1. The van der Waals surface area contributed by atoms with Crippen LogP contribution in [0, 0.1) is 0 Å². The van der Waals surface area contributed by atoms with E-state index in [1.165, 1.54) is 25.1 Å². The van der Waals surface area contributed by atoms with Gasteiger partial charge in [0.1, 0.15) is 5.69 Å². The average molecular weight is 317 g/mol. The van der Waals surface area contributed by atoms with Crippen LogP contribution in [0.15, 0.2) is 41.7 Å². The Kier molecular flexibility index (Phi) is 4.15. The Morgan fingerprint density at radius 1 is 1.41 bits per heavy atom. The fourth-order valence-electron chi connectivity index (χ4n) is 2.34. The van der Waals surface area contributed by atoms with E-state index in [0.29, 0.717) is 11.7 Å². The molecule has 1 aromatic carbocycles. The SMILES string of the molecule is COC(=O)c1cnc(S[C@H]2CCN(c3ccccc3)C2=O)[nH]1. The number of aromatic nitrogens is 2. The molecule has 114 valence electrons. The number of nitrogens with one attached hydrogen (secondary N) is 1. The number of carbonyl (C=O) groups excluding carboxylic acids is 2. The van der Waals surface area contributed by atoms with Crippen LogP contribution in [0.1, 0.15) is 16.9 Å². The number of hydrogen-bond donors (Lipinski definition) is 1. The number of esters is 1. The molecule has 0 radical (unpaired) electrons. The number of anilines is 1. The first-order chi connectivity index (χ1) is 10.7. The first-order valence-corrected chi connectivity index (χ1v) is 7.73. The summed E-state index contributed by atoms with van der Waals surface area (Å²) in [5.74, 6) is -0.407. The van der Waals surface area contributed by atoms with Crippen molar-refractivity contribution in [1.29, 1.82) is 0 Å². The van der Waals surface area contributed by atoms with Crippen molar-refractivity contribution < 1.29 is 14.3 Å². The summed E-state index contributed by atoms with van der Waals surface area (Å²) in [5.41, 5.74) is 1.20. The van der Waals surface area contributed by atoms with Crippen LogP contribution < -0.4 is 4.90 Å². The molecular formula is C15H15N3O3S. The third-order valence-corrected chi connectivity index (χ3v) is 4.59. The van der Waals surface area contributed by atoms with Gasteiger partial charge in [-0.25, -0.2) is 9.78 Å². The minimum absolute atomic E-state index is 0.0622. The summed E-state index contributed by atoms with van der Waals surface area (Å²) in [4.78, 5) is 32.6. The Hall–Kier alpha value is -2.28. The third kappa shape index (κ3) is 2.85. The zero-order chi connectivity index (χ0) is 15.5. The van der Waals surface area contributed by atoms with Crippen LogP contribution in [0.25, 0.3) is 0 Å². The lowest BCUT2D eigenvalue weighted by molar-refractivity contribution is -0.116. The maximum atomic E-state index is 12.5. The normalized spacial score (nSPS) is 17.8. The van der Waals surface area contributed by atoms with Gasteiger partial charge in [-0.3, -0.25) is 4.79 Å². The Morgan fingerprint density at radius 3 is 2.91 bits per heavy atom. The van der Waals surface area contributed by atoms with E-state index in [-0.39, 0.29) is 16.9 Å². The molecule has 1 atom stereocenters. The predicted molar refractivity (Wildman–Crippen MR) is 83.0 cm³/mol. The quantitative estimate of drug-likeness (QED) is 0.874. The summed E-state index contributed by atoms with van der Waals surface area (Å²) < 4.78 is 4.62. The second-order valence-electron chi connectivity index (χ2n) is 4.81. The van der Waals surface area contributed by atoms with Crippen molar-refractivity contribution in [2.45, 2.75) is 16.8 Å². The molecule has 1 aliphatic heterocycles. The summed E-state index contributed by atoms with van der Waals surface area (Å²) in [6.07, 6.45) is 2.16. The molecule has 2 aromatic rings. The molecule has 0 unspecified atom stereocenters. The number of thioether (sulfide) groups is 1. The van der Waals surface area contributed by atoms with E-state index in [1.54, 1.807) is 4.90 Å². The van der Waals surface area contributed by atoms with Crippen molar-refractivity contribution in [3.8, 4) is 0 Å². The maximum Gasteiger partial charge on any atom is 0.356 e. The van der Waals surface area contributed by atoms with Crippen molar-refractivity contribution in [1.82, 2.24) is 9.97 Å². The molecule has 1 saturated heterocycles. The number of hydrogen-bond acceptors (Lipinski definition) is 5. The van der Waals surface area contributed by atoms with E-state index in [2.05, 4.69) is 14.7 Å². The van der Waals surface area contributed by atoms with Crippen molar-refractivity contribution in [2.75, 3.05) is 18.6 Å². The first-order valence-electron chi connectivity index (χ1n) is 6.85. The number of carbonyl (C=O) groups is 2. The molecule has 1 N–H and O–H groups in total. The largest absolute Gasteiger partial charge is 0.464 e. The van der Waals surface area contributed by atoms with Gasteiger partial charge in [-0.1, -0.05) is 30.0 Å². The molecule has 2 heterocycles. The second-order valence-corrected chi connectivity index (χ2v) is 6.01. The van der Waals surface area contributed by atoms with Crippen molar-refractivity contribution in [3.63, 3.8) is 0 Å². The molecule has 1 aliphatic rings. The number of amides is 1. The fraction of sp³-hybridized carbons (Fsp3) is 0.267. The first kappa shape index (κ1) is 14.6. The van der Waals surface area contributed by atoms with Crippen LogP contribution >= 0.6 is 11.8 Å².